The van der Waals surface area contributed by atoms with Crippen LogP contribution < -0.4 is 11.1 Å². The van der Waals surface area contributed by atoms with Crippen molar-refractivity contribution >= 4 is 59.0 Å². The molecule has 0 spiro atoms. The number of aryl methyl sites for hydroxylation is 2. The number of aromatic nitrogens is 4. The van der Waals surface area contributed by atoms with Crippen LogP contribution in [0.15, 0.2) is 78.2 Å². The second-order valence-corrected chi connectivity index (χ2v) is 25.9. The van der Waals surface area contributed by atoms with Gasteiger partial charge in [-0.2, -0.15) is 5.10 Å². The lowest BCUT2D eigenvalue weighted by Gasteiger charge is -2.21. The second-order valence-electron chi connectivity index (χ2n) is 20.0. The van der Waals surface area contributed by atoms with Gasteiger partial charge in [0.05, 0.1) is 31.9 Å². The lowest BCUT2D eigenvalue weighted by Crippen LogP contribution is -2.29. The number of amides is 1. The van der Waals surface area contributed by atoms with E-state index in [0.717, 1.165) is 5.01 Å². The van der Waals surface area contributed by atoms with Crippen LogP contribution in [0.5, 0.6) is 0 Å². The zero-order chi connectivity index (χ0) is 51.5. The van der Waals surface area contributed by atoms with Crippen LogP contribution in [-0.2, 0) is 64.6 Å². The summed E-state index contributed by atoms with van der Waals surface area (Å²) in [6, 6.07) is 8.96. The number of nitrogens with zero attached hydrogens (tertiary/aromatic N) is 4. The minimum absolute atomic E-state index is 0.0275. The molecule has 2 N–H and O–H groups in total. The lowest BCUT2D eigenvalue weighted by atomic mass is 9.81. The molecule has 69 heavy (non-hydrogen) atoms. The molecule has 0 aliphatic carbocycles. The minimum Gasteiger partial charge on any atom is -0.302 e. The Hall–Kier alpha value is -6.32. The fraction of sp³-hybridized carbons (Fsp3) is 0.396. The molecule has 9 rings (SSSR count). The number of rotatable bonds is 6. The van der Waals surface area contributed by atoms with Crippen LogP contribution in [0.3, 0.4) is 0 Å². The predicted octanol–water partition coefficient (Wildman–Crippen LogP) is 3.95. The van der Waals surface area contributed by atoms with E-state index >= 15 is 0 Å². The molecule has 21 heteroatoms. The number of fused-ring (bicyclic) bond motifs is 3. The van der Waals surface area contributed by atoms with Gasteiger partial charge in [0.25, 0.3) is 17.0 Å². The van der Waals surface area contributed by atoms with Crippen molar-refractivity contribution in [2.75, 3.05) is 24.3 Å². The van der Waals surface area contributed by atoms with Crippen LogP contribution in [-0.4, -0.2) is 104 Å². The number of aromatic amines is 2. The molecule has 0 bridgehead atoms. The zero-order valence-corrected chi connectivity index (χ0v) is 42.8. The molecule has 366 valence electrons. The molecule has 2 aromatic heterocycles. The van der Waals surface area contributed by atoms with E-state index in [-0.39, 0.29) is 40.1 Å². The Balaban J connectivity index is 0.000000153. The highest BCUT2D eigenvalue weighted by molar-refractivity contribution is 7.92. The summed E-state index contributed by atoms with van der Waals surface area (Å²) in [5, 5.41) is 10.3. The van der Waals surface area contributed by atoms with Crippen LogP contribution in [0.1, 0.15) is 117 Å². The Morgan fingerprint density at radius 2 is 0.855 bits per heavy atom. The van der Waals surface area contributed by atoms with Crippen molar-refractivity contribution in [1.29, 1.82) is 0 Å². The fourth-order valence-corrected chi connectivity index (χ4v) is 17.2. The third kappa shape index (κ3) is 8.40. The van der Waals surface area contributed by atoms with Gasteiger partial charge in [-0.1, -0.05) is 41.5 Å². The quantitative estimate of drug-likeness (QED) is 0.181. The first-order valence-corrected chi connectivity index (χ1v) is 26.7. The monoisotopic (exact) mass is 1000 g/mol. The summed E-state index contributed by atoms with van der Waals surface area (Å²) >= 11 is 0. The first-order valence-electron chi connectivity index (χ1n) is 21.7. The molecule has 0 radical (unpaired) electrons. The number of carbonyl (C=O) groups is 4. The van der Waals surface area contributed by atoms with Crippen molar-refractivity contribution in [3.05, 3.63) is 131 Å². The molecule has 1 unspecified atom stereocenters. The van der Waals surface area contributed by atoms with Crippen molar-refractivity contribution < 1.29 is 44.4 Å². The highest BCUT2D eigenvalue weighted by Gasteiger charge is 2.45. The third-order valence-electron chi connectivity index (χ3n) is 13.3. The van der Waals surface area contributed by atoms with Crippen LogP contribution >= 0.6 is 0 Å². The average molecular weight is 1000 g/mol. The van der Waals surface area contributed by atoms with Gasteiger partial charge in [-0.05, 0) is 90.6 Å². The summed E-state index contributed by atoms with van der Waals surface area (Å²) in [6.07, 6.45) is 4.08. The van der Waals surface area contributed by atoms with Gasteiger partial charge < -0.3 is 10.2 Å². The Labute approximate surface area is 399 Å². The third-order valence-corrected chi connectivity index (χ3v) is 19.7. The number of hydrogen-bond donors (Lipinski definition) is 2. The van der Waals surface area contributed by atoms with E-state index in [1.807, 2.05) is 41.5 Å². The van der Waals surface area contributed by atoms with Crippen molar-refractivity contribution in [2.45, 2.75) is 93.2 Å². The summed E-state index contributed by atoms with van der Waals surface area (Å²) < 4.78 is 76.2. The molecule has 0 saturated heterocycles. The van der Waals surface area contributed by atoms with Crippen LogP contribution in [0.2, 0.25) is 0 Å². The topological polar surface area (TPSA) is 262 Å². The van der Waals surface area contributed by atoms with E-state index in [2.05, 4.69) is 15.3 Å². The molecule has 18 nitrogen and oxygen atoms in total. The number of carbonyl (C=O) groups excluding carboxylic acids is 4. The highest BCUT2D eigenvalue weighted by atomic mass is 32.2. The Morgan fingerprint density at radius 1 is 0.536 bits per heavy atom. The van der Waals surface area contributed by atoms with E-state index in [4.69, 9.17) is 0 Å². The number of ketones is 3. The summed E-state index contributed by atoms with van der Waals surface area (Å²) in [5.41, 5.74) is 2.66. The maximum Gasteiger partial charge on any atom is 0.277 e. The van der Waals surface area contributed by atoms with E-state index in [9.17, 15) is 54.0 Å². The fourth-order valence-electron chi connectivity index (χ4n) is 10.4. The molecule has 4 aliphatic rings. The number of benzene rings is 3. The molecule has 4 aliphatic heterocycles. The maximum absolute atomic E-state index is 12.7. The van der Waals surface area contributed by atoms with Gasteiger partial charge in [0.2, 0.25) is 0 Å². The minimum atomic E-state index is -3.33. The van der Waals surface area contributed by atoms with Crippen LogP contribution in [0, 0.1) is 26.7 Å². The largest absolute Gasteiger partial charge is 0.302 e. The van der Waals surface area contributed by atoms with E-state index in [1.165, 1.54) is 85.5 Å². The first-order chi connectivity index (χ1) is 31.7. The van der Waals surface area contributed by atoms with E-state index < -0.39 is 74.4 Å². The number of sulfone groups is 3. The zero-order valence-electron chi connectivity index (χ0n) is 40.3. The summed E-state index contributed by atoms with van der Waals surface area (Å²) in [4.78, 5) is 74.9. The number of Topliss-reactive ketones (excluding diaryl/α,β-unsaturated/α-hetero) is 1. The van der Waals surface area contributed by atoms with Crippen LogP contribution in [0.4, 0.5) is 0 Å². The second kappa shape index (κ2) is 16.7. The number of hydrazone groups is 1. The standard InChI is InChI=1S/3C16H18N2O4S/c3*1-9-10(14(19)11-7-17-18(4)15(11)20)5-6-12-13(9)16(2,3)8-23(12,21)22/h2*5-7,17H,8H2,1-4H3;5-7,11H,8H2,1-4H3. The van der Waals surface area contributed by atoms with Crippen molar-refractivity contribution in [3.63, 3.8) is 0 Å². The summed E-state index contributed by atoms with van der Waals surface area (Å²) in [6.45, 7) is 16.4. The smallest absolute Gasteiger partial charge is 0.277 e. The molecule has 0 fully saturated rings. The van der Waals surface area contributed by atoms with Crippen molar-refractivity contribution in [3.8, 4) is 0 Å². The molecule has 3 aromatic carbocycles. The predicted molar refractivity (Wildman–Crippen MR) is 257 cm³/mol. The summed E-state index contributed by atoms with van der Waals surface area (Å²) in [5.74, 6) is -2.36. The van der Waals surface area contributed by atoms with Gasteiger partial charge in [0.1, 0.15) is 17.0 Å². The van der Waals surface area contributed by atoms with Gasteiger partial charge >= 0.3 is 0 Å². The van der Waals surface area contributed by atoms with Crippen molar-refractivity contribution in [1.82, 2.24) is 24.6 Å². The molecule has 1 amide bonds. The van der Waals surface area contributed by atoms with Gasteiger partial charge in [-0.25, -0.2) is 30.3 Å². The molecular formula is C48H54N6O12S3. The molecule has 6 heterocycles. The average Bonchev–Trinajstić information content (AvgIpc) is 4.00. The Bertz CT molecular complexity index is 3440. The summed E-state index contributed by atoms with van der Waals surface area (Å²) in [7, 11) is -5.43. The Morgan fingerprint density at radius 3 is 1.14 bits per heavy atom. The van der Waals surface area contributed by atoms with Crippen LogP contribution in [0.25, 0.3) is 0 Å². The maximum atomic E-state index is 12.7. The number of hydrogen-bond acceptors (Lipinski definition) is 13. The molecule has 1 atom stereocenters. The van der Waals surface area contributed by atoms with Gasteiger partial charge in [0, 0.05) is 72.7 Å². The first kappa shape index (κ1) is 50.6. The molecule has 0 saturated carbocycles. The van der Waals surface area contributed by atoms with Crippen molar-refractivity contribution in [2.24, 2.45) is 25.1 Å². The normalized spacial score (nSPS) is 20.0. The Kier molecular flexibility index (Phi) is 12.2. The molecular weight excluding hydrogens is 949 g/mol. The highest BCUT2D eigenvalue weighted by Crippen LogP contribution is 2.45. The van der Waals surface area contributed by atoms with Gasteiger partial charge in [-0.3, -0.25) is 38.1 Å². The SMILES string of the molecule is Cc1c(C(=O)C2C=NN(C)C2=O)ccc2c1C(C)(C)CS2(=O)=O.Cc1c(C(=O)c2c[nH]n(C)c2=O)ccc2c1C(C)(C)CS2(=O)=O.Cc1c(C(=O)c2c[nH]n(C)c2=O)ccc2c1C(C)(C)CS2(=O)=O. The van der Waals surface area contributed by atoms with E-state index in [0.29, 0.717) is 64.8 Å². The van der Waals surface area contributed by atoms with E-state index in [1.54, 1.807) is 20.8 Å². The number of nitrogens with one attached hydrogen (secondary N) is 2. The lowest BCUT2D eigenvalue weighted by molar-refractivity contribution is -0.129. The number of H-pyrrole nitrogens is 2. The van der Waals surface area contributed by atoms with Gasteiger partial charge in [-0.15, -0.1) is 0 Å². The van der Waals surface area contributed by atoms with Gasteiger partial charge in [0.15, 0.2) is 46.9 Å². The molecule has 5 aromatic rings.